The fourth-order valence-electron chi connectivity index (χ4n) is 4.27. The van der Waals surface area contributed by atoms with Gasteiger partial charge in [0.05, 0.1) is 18.1 Å². The number of hydrogen-bond donors (Lipinski definition) is 1. The van der Waals surface area contributed by atoms with Crippen molar-refractivity contribution in [2.75, 3.05) is 20.8 Å². The van der Waals surface area contributed by atoms with Crippen molar-refractivity contribution in [1.82, 2.24) is 4.90 Å². The summed E-state index contributed by atoms with van der Waals surface area (Å²) in [6, 6.07) is 7.69. The summed E-state index contributed by atoms with van der Waals surface area (Å²) in [5.41, 5.74) is 2.58. The first-order valence-corrected chi connectivity index (χ1v) is 13.4. The van der Waals surface area contributed by atoms with Crippen molar-refractivity contribution in [1.29, 1.82) is 0 Å². The Morgan fingerprint density at radius 1 is 1.08 bits per heavy atom. The van der Waals surface area contributed by atoms with Crippen LogP contribution in [0.1, 0.15) is 85.6 Å². The fraction of sp³-hybridized carbons (Fsp3) is 0.586. The molecular formula is C29H43NO5S. The quantitative estimate of drug-likeness (QED) is 0.398. The van der Waals surface area contributed by atoms with E-state index in [0.29, 0.717) is 4.88 Å². The number of benzene rings is 1. The Morgan fingerprint density at radius 3 is 2.19 bits per heavy atom. The van der Waals surface area contributed by atoms with E-state index >= 15 is 0 Å². The van der Waals surface area contributed by atoms with E-state index in [9.17, 15) is 14.7 Å². The summed E-state index contributed by atoms with van der Waals surface area (Å²) >= 11 is 1.50. The molecule has 7 heteroatoms. The van der Waals surface area contributed by atoms with Crippen molar-refractivity contribution < 1.29 is 24.2 Å². The van der Waals surface area contributed by atoms with Crippen LogP contribution in [0.5, 0.6) is 5.75 Å². The first kappa shape index (κ1) is 29.8. The van der Waals surface area contributed by atoms with E-state index in [0.717, 1.165) is 34.6 Å². The van der Waals surface area contributed by atoms with Gasteiger partial charge in [0.2, 0.25) is 0 Å². The van der Waals surface area contributed by atoms with Crippen molar-refractivity contribution in [2.24, 2.45) is 5.41 Å². The first-order chi connectivity index (χ1) is 16.7. The number of methoxy groups -OCH3 is 1. The van der Waals surface area contributed by atoms with E-state index < -0.39 is 18.1 Å². The van der Waals surface area contributed by atoms with Gasteiger partial charge in [-0.15, -0.1) is 11.3 Å². The van der Waals surface area contributed by atoms with Crippen molar-refractivity contribution in [3.63, 3.8) is 0 Å². The van der Waals surface area contributed by atoms with E-state index in [1.54, 1.807) is 14.0 Å². The Labute approximate surface area is 220 Å². The maximum atomic E-state index is 13.3. The molecule has 0 aliphatic rings. The Balaban J connectivity index is 2.40. The lowest BCUT2D eigenvalue weighted by Gasteiger charge is -2.32. The molecule has 1 amide bonds. The van der Waals surface area contributed by atoms with Crippen molar-refractivity contribution in [2.45, 2.75) is 85.8 Å². The van der Waals surface area contributed by atoms with Crippen LogP contribution in [0.3, 0.4) is 0 Å². The average Bonchev–Trinajstić information content (AvgIpc) is 3.23. The van der Waals surface area contributed by atoms with Crippen molar-refractivity contribution in [3.05, 3.63) is 50.7 Å². The lowest BCUT2D eigenvalue weighted by molar-refractivity contribution is -0.144. The molecule has 1 aromatic carbocycles. The molecule has 1 heterocycles. The molecule has 1 aromatic heterocycles. The highest BCUT2D eigenvalue weighted by Crippen LogP contribution is 2.44. The first-order valence-electron chi connectivity index (χ1n) is 12.6. The van der Waals surface area contributed by atoms with Gasteiger partial charge in [-0.25, -0.2) is 4.79 Å². The molecule has 0 fully saturated rings. The lowest BCUT2D eigenvalue weighted by atomic mass is 9.74. The third-order valence-corrected chi connectivity index (χ3v) is 8.79. The second-order valence-corrected chi connectivity index (χ2v) is 11.8. The molecule has 36 heavy (non-hydrogen) atoms. The van der Waals surface area contributed by atoms with Crippen LogP contribution in [0.15, 0.2) is 24.3 Å². The molecule has 0 radical (unpaired) electrons. The highest BCUT2D eigenvalue weighted by atomic mass is 32.1. The van der Waals surface area contributed by atoms with Gasteiger partial charge >= 0.3 is 5.97 Å². The standard InChI is InChI=1S/C29H43NO5S/c1-11-29(12-2,21-13-14-22(18(3)15-21)35-17-23(31)28(6,7)8)24-16-19(4)25(36-24)26(32)30(9)20(5)27(33)34-10/h13-16,20,23,31H,11-12,17H2,1-10H3. The zero-order valence-electron chi connectivity index (χ0n) is 23.5. The molecule has 0 saturated heterocycles. The lowest BCUT2D eigenvalue weighted by Crippen LogP contribution is -2.40. The van der Waals surface area contributed by atoms with E-state index in [1.807, 2.05) is 40.7 Å². The number of aliphatic hydroxyl groups excluding tert-OH is 1. The van der Waals surface area contributed by atoms with Crippen LogP contribution in [0.2, 0.25) is 0 Å². The predicted molar refractivity (Wildman–Crippen MR) is 146 cm³/mol. The number of rotatable bonds is 10. The van der Waals surface area contributed by atoms with Crippen LogP contribution in [-0.4, -0.2) is 54.8 Å². The number of aliphatic hydroxyl groups is 1. The number of amides is 1. The predicted octanol–water partition coefficient (Wildman–Crippen LogP) is 5.89. The van der Waals surface area contributed by atoms with Crippen LogP contribution >= 0.6 is 11.3 Å². The van der Waals surface area contributed by atoms with Crippen LogP contribution in [-0.2, 0) is 14.9 Å². The zero-order valence-corrected chi connectivity index (χ0v) is 24.3. The zero-order chi connectivity index (χ0) is 27.4. The molecule has 2 rings (SSSR count). The van der Waals surface area contributed by atoms with Crippen molar-refractivity contribution in [3.8, 4) is 5.75 Å². The molecule has 0 aliphatic heterocycles. The summed E-state index contributed by atoms with van der Waals surface area (Å²) < 4.78 is 10.8. The van der Waals surface area contributed by atoms with Gasteiger partial charge in [0.15, 0.2) is 0 Å². The number of aryl methyl sites for hydroxylation is 2. The van der Waals surface area contributed by atoms with E-state index in [4.69, 9.17) is 9.47 Å². The average molecular weight is 518 g/mol. The molecule has 0 saturated carbocycles. The summed E-state index contributed by atoms with van der Waals surface area (Å²) in [7, 11) is 2.96. The summed E-state index contributed by atoms with van der Waals surface area (Å²) in [5.74, 6) is 0.143. The molecule has 200 valence electrons. The second-order valence-electron chi connectivity index (χ2n) is 10.7. The molecule has 0 bridgehead atoms. The van der Waals surface area contributed by atoms with Crippen LogP contribution < -0.4 is 4.74 Å². The number of nitrogens with zero attached hydrogens (tertiary/aromatic N) is 1. The number of carbonyl (C=O) groups excluding carboxylic acids is 2. The number of carbonyl (C=O) groups is 2. The van der Waals surface area contributed by atoms with Gasteiger partial charge in [-0.1, -0.05) is 46.8 Å². The van der Waals surface area contributed by atoms with Gasteiger partial charge in [-0.3, -0.25) is 4.79 Å². The normalized spacial score (nSPS) is 13.8. The number of ether oxygens (including phenoxy) is 2. The fourth-order valence-corrected chi connectivity index (χ4v) is 5.78. The van der Waals surface area contributed by atoms with Gasteiger partial charge in [-0.2, -0.15) is 0 Å². The summed E-state index contributed by atoms with van der Waals surface area (Å²) in [4.78, 5) is 28.5. The number of esters is 1. The summed E-state index contributed by atoms with van der Waals surface area (Å²) in [6.07, 6.45) is 1.17. The van der Waals surface area contributed by atoms with Crippen LogP contribution in [0, 0.1) is 19.3 Å². The van der Waals surface area contributed by atoms with Gasteiger partial charge in [0.1, 0.15) is 18.4 Å². The Kier molecular flexibility index (Phi) is 9.77. The van der Waals surface area contributed by atoms with E-state index in [-0.39, 0.29) is 23.3 Å². The summed E-state index contributed by atoms with van der Waals surface area (Å²) in [6.45, 7) is 16.2. The molecule has 1 N–H and O–H groups in total. The second kappa shape index (κ2) is 11.8. The maximum absolute atomic E-state index is 13.3. The van der Waals surface area contributed by atoms with E-state index in [2.05, 4.69) is 32.0 Å². The molecular weight excluding hydrogens is 474 g/mol. The number of likely N-dealkylation sites (N-methyl/N-ethyl adjacent to an activating group) is 1. The third-order valence-electron chi connectivity index (χ3n) is 7.36. The topological polar surface area (TPSA) is 76.1 Å². The van der Waals surface area contributed by atoms with Gasteiger partial charge in [-0.05, 0) is 67.9 Å². The van der Waals surface area contributed by atoms with Gasteiger partial charge in [0.25, 0.3) is 5.91 Å². The maximum Gasteiger partial charge on any atom is 0.328 e. The Morgan fingerprint density at radius 2 is 1.69 bits per heavy atom. The Bertz CT molecular complexity index is 1060. The van der Waals surface area contributed by atoms with Crippen LogP contribution in [0.4, 0.5) is 0 Å². The number of hydrogen-bond acceptors (Lipinski definition) is 6. The monoisotopic (exact) mass is 517 g/mol. The SMILES string of the molecule is CCC(CC)(c1ccc(OCC(O)C(C)(C)C)c(C)c1)c1cc(C)c(C(=O)N(C)C(C)C(=O)OC)s1. The molecule has 2 unspecified atom stereocenters. The third kappa shape index (κ3) is 6.12. The van der Waals surface area contributed by atoms with E-state index in [1.165, 1.54) is 28.9 Å². The molecule has 2 aromatic rings. The largest absolute Gasteiger partial charge is 0.491 e. The smallest absolute Gasteiger partial charge is 0.328 e. The highest BCUT2D eigenvalue weighted by molar-refractivity contribution is 7.14. The van der Waals surface area contributed by atoms with Gasteiger partial charge < -0.3 is 19.5 Å². The molecule has 0 spiro atoms. The summed E-state index contributed by atoms with van der Waals surface area (Å²) in [5, 5.41) is 10.4. The van der Waals surface area contributed by atoms with Gasteiger partial charge in [0, 0.05) is 17.3 Å². The minimum absolute atomic E-state index is 0.180. The molecule has 0 aliphatic carbocycles. The molecule has 2 atom stereocenters. The minimum Gasteiger partial charge on any atom is -0.491 e. The minimum atomic E-state index is -0.665. The highest BCUT2D eigenvalue weighted by Gasteiger charge is 2.35. The van der Waals surface area contributed by atoms with Crippen LogP contribution in [0.25, 0.3) is 0 Å². The number of thiophene rings is 1. The molecule has 6 nitrogen and oxygen atoms in total. The van der Waals surface area contributed by atoms with Crippen molar-refractivity contribution >= 4 is 23.2 Å². The Hall–Kier alpha value is -2.38.